The number of nitriles is 1. The molecule has 172 valence electrons. The second-order valence-electron chi connectivity index (χ2n) is 8.20. The third-order valence-electron chi connectivity index (χ3n) is 6.04. The first kappa shape index (κ1) is 22.8. The molecule has 1 amide bonds. The summed E-state index contributed by atoms with van der Waals surface area (Å²) in [4.78, 5) is 27.5. The van der Waals surface area contributed by atoms with Gasteiger partial charge < -0.3 is 9.47 Å². The maximum Gasteiger partial charge on any atom is 0.416 e. The fraction of sp³-hybridized carbons (Fsp3) is 0.375. The summed E-state index contributed by atoms with van der Waals surface area (Å²) in [5.41, 5.74) is -0.475. The minimum Gasteiger partial charge on any atom is -0.445 e. The molecule has 0 spiro atoms. The van der Waals surface area contributed by atoms with E-state index in [2.05, 4.69) is 0 Å². The second kappa shape index (κ2) is 9.24. The van der Waals surface area contributed by atoms with Gasteiger partial charge in [-0.05, 0) is 36.6 Å². The van der Waals surface area contributed by atoms with E-state index in [0.29, 0.717) is 0 Å². The highest BCUT2D eigenvalue weighted by Gasteiger charge is 2.45. The van der Waals surface area contributed by atoms with Crippen molar-refractivity contribution < 1.29 is 32.2 Å². The molecule has 2 atom stereocenters. The number of rotatable bonds is 4. The zero-order valence-electron chi connectivity index (χ0n) is 17.5. The molecule has 4 rings (SSSR count). The average molecular weight is 458 g/mol. The molecule has 2 heterocycles. The molecule has 0 aliphatic carbocycles. The van der Waals surface area contributed by atoms with Gasteiger partial charge in [0.1, 0.15) is 6.61 Å². The van der Waals surface area contributed by atoms with Gasteiger partial charge in [-0.15, -0.1) is 0 Å². The van der Waals surface area contributed by atoms with Crippen LogP contribution in [0.25, 0.3) is 0 Å². The zero-order valence-corrected chi connectivity index (χ0v) is 17.5. The van der Waals surface area contributed by atoms with Gasteiger partial charge >= 0.3 is 12.3 Å². The monoisotopic (exact) mass is 458 g/mol. The predicted molar refractivity (Wildman–Crippen MR) is 110 cm³/mol. The number of halogens is 3. The number of hydrogen-bond donors (Lipinski definition) is 0. The lowest BCUT2D eigenvalue weighted by molar-refractivity contribution is -0.137. The fourth-order valence-corrected chi connectivity index (χ4v) is 4.46. The number of ether oxygens (including phenoxy) is 2. The topological polar surface area (TPSA) is 79.6 Å². The van der Waals surface area contributed by atoms with Gasteiger partial charge in [0, 0.05) is 11.5 Å². The number of Topliss-reactive ketones (excluding diaryl/α,β-unsaturated/α-hetero) is 1. The molecule has 0 N–H and O–H groups in total. The highest BCUT2D eigenvalue weighted by molar-refractivity contribution is 6.00. The van der Waals surface area contributed by atoms with Crippen molar-refractivity contribution >= 4 is 11.9 Å². The number of piperidine rings is 1. The Morgan fingerprint density at radius 1 is 1.09 bits per heavy atom. The maximum absolute atomic E-state index is 13.2. The van der Waals surface area contributed by atoms with E-state index >= 15 is 0 Å². The number of fused-ring (bicyclic) bond motifs is 2. The molecular formula is C24H21F3N2O4. The van der Waals surface area contributed by atoms with E-state index in [9.17, 15) is 28.0 Å². The van der Waals surface area contributed by atoms with Crippen LogP contribution in [0.2, 0.25) is 0 Å². The zero-order chi connectivity index (χ0) is 23.6. The molecule has 2 aromatic carbocycles. The van der Waals surface area contributed by atoms with E-state index in [1.54, 1.807) is 11.0 Å². The van der Waals surface area contributed by atoms with Crippen LogP contribution in [0.3, 0.4) is 0 Å². The van der Waals surface area contributed by atoms with Crippen LogP contribution < -0.4 is 0 Å². The van der Waals surface area contributed by atoms with Gasteiger partial charge in [0.2, 0.25) is 0 Å². The minimum absolute atomic E-state index is 0.0980. The number of benzene rings is 2. The number of nitrogens with zero attached hydrogens (tertiary/aromatic N) is 2. The van der Waals surface area contributed by atoms with Crippen molar-refractivity contribution in [1.82, 2.24) is 4.90 Å². The van der Waals surface area contributed by atoms with Gasteiger partial charge in [-0.2, -0.15) is 18.4 Å². The van der Waals surface area contributed by atoms with Gasteiger partial charge in [0.15, 0.2) is 5.78 Å². The summed E-state index contributed by atoms with van der Waals surface area (Å²) >= 11 is 0. The van der Waals surface area contributed by atoms with Crippen LogP contribution in [-0.2, 0) is 22.3 Å². The van der Waals surface area contributed by atoms with E-state index in [1.165, 1.54) is 0 Å². The first-order valence-corrected chi connectivity index (χ1v) is 10.5. The molecular weight excluding hydrogens is 437 g/mol. The first-order chi connectivity index (χ1) is 15.8. The summed E-state index contributed by atoms with van der Waals surface area (Å²) in [5, 5.41) is 9.32. The Morgan fingerprint density at radius 2 is 1.76 bits per heavy atom. The molecule has 2 aromatic rings. The maximum atomic E-state index is 13.2. The number of hydrogen-bond acceptors (Lipinski definition) is 5. The van der Waals surface area contributed by atoms with Gasteiger partial charge in [-0.1, -0.05) is 30.3 Å². The highest BCUT2D eigenvalue weighted by atomic mass is 19.4. The normalized spacial score (nSPS) is 22.4. The van der Waals surface area contributed by atoms with E-state index in [0.717, 1.165) is 23.8 Å². The van der Waals surface area contributed by atoms with Crippen molar-refractivity contribution in [3.63, 3.8) is 0 Å². The first-order valence-electron chi connectivity index (χ1n) is 10.5. The van der Waals surface area contributed by atoms with E-state index in [1.807, 2.05) is 30.3 Å². The summed E-state index contributed by atoms with van der Waals surface area (Å²) in [6, 6.07) is 12.7. The van der Waals surface area contributed by atoms with Crippen molar-refractivity contribution in [1.29, 1.82) is 5.26 Å². The van der Waals surface area contributed by atoms with Crippen molar-refractivity contribution in [2.45, 2.75) is 37.7 Å². The smallest absolute Gasteiger partial charge is 0.416 e. The van der Waals surface area contributed by atoms with Crippen LogP contribution in [0.1, 0.15) is 39.9 Å². The molecule has 2 saturated heterocycles. The standard InChI is InChI=1S/C24H21F3N2O4/c25-24(26,27)18-7-6-16(11-28)21(10-18)22(30)17-8-19-13-32-14-20(9-17)29(19)23(31)33-12-15-4-2-1-3-5-15/h1-7,10,17,19-20H,8-9,12-14H2. The van der Waals surface area contributed by atoms with Crippen LogP contribution in [-0.4, -0.2) is 42.1 Å². The second-order valence-corrected chi connectivity index (χ2v) is 8.20. The minimum atomic E-state index is -4.63. The van der Waals surface area contributed by atoms with Gasteiger partial charge in [0.05, 0.1) is 42.5 Å². The Morgan fingerprint density at radius 3 is 2.36 bits per heavy atom. The van der Waals surface area contributed by atoms with Crippen molar-refractivity contribution in [2.24, 2.45) is 5.92 Å². The molecule has 0 saturated carbocycles. The Balaban J connectivity index is 1.50. The molecule has 2 bridgehead atoms. The summed E-state index contributed by atoms with van der Waals surface area (Å²) in [5.74, 6) is -1.15. The van der Waals surface area contributed by atoms with Crippen molar-refractivity contribution in [3.05, 3.63) is 70.8 Å². The van der Waals surface area contributed by atoms with Crippen molar-refractivity contribution in [2.75, 3.05) is 13.2 Å². The number of carbonyl (C=O) groups is 2. The Labute approximate surface area is 188 Å². The average Bonchev–Trinajstić information content (AvgIpc) is 2.80. The molecule has 33 heavy (non-hydrogen) atoms. The number of carbonyl (C=O) groups excluding carboxylic acids is 2. The van der Waals surface area contributed by atoms with Crippen LogP contribution in [0.4, 0.5) is 18.0 Å². The lowest BCUT2D eigenvalue weighted by Gasteiger charge is -2.47. The third-order valence-corrected chi connectivity index (χ3v) is 6.04. The molecule has 9 heteroatoms. The molecule has 0 radical (unpaired) electrons. The SMILES string of the molecule is N#Cc1ccc(C(F)(F)F)cc1C(=O)C1CC2COCC(C1)N2C(=O)OCc1ccccc1. The Kier molecular flexibility index (Phi) is 6.38. The largest absolute Gasteiger partial charge is 0.445 e. The van der Waals surface area contributed by atoms with E-state index in [-0.39, 0.29) is 43.8 Å². The highest BCUT2D eigenvalue weighted by Crippen LogP contribution is 2.36. The molecule has 2 unspecified atom stereocenters. The molecule has 0 aromatic heterocycles. The van der Waals surface area contributed by atoms with E-state index in [4.69, 9.17) is 9.47 Å². The summed E-state index contributed by atoms with van der Waals surface area (Å²) in [6.07, 6.45) is -4.70. The molecule has 6 nitrogen and oxygen atoms in total. The molecule has 2 fully saturated rings. The molecule has 2 aliphatic heterocycles. The van der Waals surface area contributed by atoms with Gasteiger partial charge in [-0.3, -0.25) is 9.69 Å². The lowest BCUT2D eigenvalue weighted by Crippen LogP contribution is -2.60. The quantitative estimate of drug-likeness (QED) is 0.627. The van der Waals surface area contributed by atoms with Crippen molar-refractivity contribution in [3.8, 4) is 6.07 Å². The summed E-state index contributed by atoms with van der Waals surface area (Å²) in [6.45, 7) is 0.511. The van der Waals surface area contributed by atoms with E-state index < -0.39 is 41.6 Å². The number of ketones is 1. The van der Waals surface area contributed by atoms with Gasteiger partial charge in [0.25, 0.3) is 0 Å². The number of morpholine rings is 1. The Bertz CT molecular complexity index is 1070. The fourth-order valence-electron chi connectivity index (χ4n) is 4.46. The van der Waals surface area contributed by atoms with Crippen LogP contribution >= 0.6 is 0 Å². The lowest BCUT2D eigenvalue weighted by atomic mass is 9.80. The summed E-state index contributed by atoms with van der Waals surface area (Å²) < 4.78 is 50.5. The van der Waals surface area contributed by atoms with Crippen LogP contribution in [0.15, 0.2) is 48.5 Å². The number of alkyl halides is 3. The third kappa shape index (κ3) is 4.86. The Hall–Kier alpha value is -3.38. The summed E-state index contributed by atoms with van der Waals surface area (Å²) in [7, 11) is 0. The van der Waals surface area contributed by atoms with Crippen LogP contribution in [0.5, 0.6) is 0 Å². The predicted octanol–water partition coefficient (Wildman–Crippen LogP) is 4.58. The number of amides is 1. The molecule has 2 aliphatic rings. The van der Waals surface area contributed by atoms with Crippen LogP contribution in [0, 0.1) is 17.2 Å². The van der Waals surface area contributed by atoms with Gasteiger partial charge in [-0.25, -0.2) is 4.79 Å².